The second kappa shape index (κ2) is 5.21. The molecule has 0 radical (unpaired) electrons. The Morgan fingerprint density at radius 3 is 2.24 bits per heavy atom. The highest BCUT2D eigenvalue weighted by atomic mass is 16.4. The maximum Gasteiger partial charge on any atom is 0.407 e. The summed E-state index contributed by atoms with van der Waals surface area (Å²) in [6.45, 7) is 2.50. The second-order valence-electron chi connectivity index (χ2n) is 6.62. The molecule has 3 rings (SSSR count). The molecule has 2 saturated heterocycles. The van der Waals surface area contributed by atoms with Crippen LogP contribution in [-0.4, -0.2) is 53.1 Å². The van der Waals surface area contributed by atoms with E-state index in [9.17, 15) is 9.59 Å². The average molecular weight is 291 g/mol. The zero-order valence-corrected chi connectivity index (χ0v) is 12.1. The number of hydrogen-bond donors (Lipinski definition) is 1. The van der Waals surface area contributed by atoms with E-state index >= 15 is 0 Å². The quantitative estimate of drug-likeness (QED) is 0.794. The summed E-state index contributed by atoms with van der Waals surface area (Å²) in [5.74, 6) is 0.420. The molecule has 0 aromatic rings. The molecular formula is C15H21N3O3. The standard InChI is InChI=1S/C15H21N3O3/c16-10-11-1-5-17(6-2-11)13(19)12-9-15(12)3-7-18(8-4-15)14(20)21/h11-12H,1-9H2,(H,20,21)/t12-/m0/s1. The Labute approximate surface area is 124 Å². The van der Waals surface area contributed by atoms with Crippen LogP contribution in [0.2, 0.25) is 0 Å². The summed E-state index contributed by atoms with van der Waals surface area (Å²) < 4.78 is 0. The molecule has 0 bridgehead atoms. The lowest BCUT2D eigenvalue weighted by molar-refractivity contribution is -0.134. The monoisotopic (exact) mass is 291 g/mol. The predicted octanol–water partition coefficient (Wildman–Crippen LogP) is 1.53. The van der Waals surface area contributed by atoms with Crippen LogP contribution in [0.5, 0.6) is 0 Å². The molecule has 1 spiro atoms. The fraction of sp³-hybridized carbons (Fsp3) is 0.800. The van der Waals surface area contributed by atoms with Crippen LogP contribution in [0.15, 0.2) is 0 Å². The number of carboxylic acid groups (broad SMARTS) is 1. The Kier molecular flexibility index (Phi) is 3.52. The van der Waals surface area contributed by atoms with Crippen LogP contribution in [-0.2, 0) is 4.79 Å². The molecule has 2 amide bonds. The third-order valence-corrected chi connectivity index (χ3v) is 5.51. The van der Waals surface area contributed by atoms with Gasteiger partial charge in [-0.25, -0.2) is 4.79 Å². The largest absolute Gasteiger partial charge is 0.465 e. The lowest BCUT2D eigenvalue weighted by Crippen LogP contribution is -2.42. The molecule has 114 valence electrons. The third kappa shape index (κ3) is 2.57. The van der Waals surface area contributed by atoms with E-state index in [0.29, 0.717) is 26.2 Å². The van der Waals surface area contributed by atoms with E-state index in [2.05, 4.69) is 6.07 Å². The van der Waals surface area contributed by atoms with Crippen LogP contribution in [0.1, 0.15) is 32.1 Å². The number of rotatable bonds is 1. The summed E-state index contributed by atoms with van der Waals surface area (Å²) in [5.41, 5.74) is 0.0646. The molecule has 6 heteroatoms. The van der Waals surface area contributed by atoms with Crippen LogP contribution in [0.25, 0.3) is 0 Å². The average Bonchev–Trinajstić information content (AvgIpc) is 3.20. The lowest BCUT2D eigenvalue weighted by atomic mass is 9.90. The number of carbonyl (C=O) groups is 2. The molecule has 1 saturated carbocycles. The van der Waals surface area contributed by atoms with Crippen molar-refractivity contribution >= 4 is 12.0 Å². The molecule has 3 fully saturated rings. The van der Waals surface area contributed by atoms with E-state index in [1.54, 1.807) is 0 Å². The first-order valence-corrected chi connectivity index (χ1v) is 7.72. The predicted molar refractivity (Wildman–Crippen MR) is 74.3 cm³/mol. The summed E-state index contributed by atoms with van der Waals surface area (Å²) in [4.78, 5) is 26.9. The smallest absolute Gasteiger partial charge is 0.407 e. The number of piperidine rings is 2. The van der Waals surface area contributed by atoms with Crippen molar-refractivity contribution in [2.24, 2.45) is 17.3 Å². The summed E-state index contributed by atoms with van der Waals surface area (Å²) >= 11 is 0. The van der Waals surface area contributed by atoms with Gasteiger partial charge in [0, 0.05) is 38.0 Å². The first kappa shape index (κ1) is 14.2. The minimum absolute atomic E-state index is 0.0646. The van der Waals surface area contributed by atoms with Crippen molar-refractivity contribution in [3.63, 3.8) is 0 Å². The second-order valence-corrected chi connectivity index (χ2v) is 6.62. The van der Waals surface area contributed by atoms with Gasteiger partial charge in [0.2, 0.25) is 5.91 Å². The van der Waals surface area contributed by atoms with Gasteiger partial charge >= 0.3 is 6.09 Å². The van der Waals surface area contributed by atoms with Crippen LogP contribution >= 0.6 is 0 Å². The Morgan fingerprint density at radius 2 is 1.71 bits per heavy atom. The normalized spacial score (nSPS) is 28.2. The molecule has 1 aliphatic carbocycles. The van der Waals surface area contributed by atoms with Gasteiger partial charge in [0.05, 0.1) is 6.07 Å². The van der Waals surface area contributed by atoms with Gasteiger partial charge in [0.1, 0.15) is 0 Å². The minimum Gasteiger partial charge on any atom is -0.465 e. The first-order valence-electron chi connectivity index (χ1n) is 7.72. The first-order chi connectivity index (χ1) is 10.1. The Morgan fingerprint density at radius 1 is 1.10 bits per heavy atom. The molecular weight excluding hydrogens is 270 g/mol. The summed E-state index contributed by atoms with van der Waals surface area (Å²) in [6.07, 6.45) is 3.25. The highest BCUT2D eigenvalue weighted by Gasteiger charge is 2.59. The van der Waals surface area contributed by atoms with Crippen molar-refractivity contribution in [1.29, 1.82) is 5.26 Å². The van der Waals surface area contributed by atoms with Crippen molar-refractivity contribution in [2.45, 2.75) is 32.1 Å². The molecule has 0 unspecified atom stereocenters. The van der Waals surface area contributed by atoms with E-state index in [1.165, 1.54) is 4.90 Å². The van der Waals surface area contributed by atoms with Crippen molar-refractivity contribution < 1.29 is 14.7 Å². The molecule has 3 aliphatic rings. The van der Waals surface area contributed by atoms with Gasteiger partial charge in [-0.2, -0.15) is 5.26 Å². The molecule has 0 aromatic carbocycles. The Bertz CT molecular complexity index is 483. The molecule has 0 aromatic heterocycles. The molecule has 1 N–H and O–H groups in total. The fourth-order valence-corrected chi connectivity index (χ4v) is 3.84. The van der Waals surface area contributed by atoms with E-state index in [0.717, 1.165) is 32.1 Å². The number of hydrogen-bond acceptors (Lipinski definition) is 3. The zero-order valence-electron chi connectivity index (χ0n) is 12.1. The van der Waals surface area contributed by atoms with Crippen LogP contribution in [0, 0.1) is 28.6 Å². The minimum atomic E-state index is -0.855. The van der Waals surface area contributed by atoms with Gasteiger partial charge in [-0.1, -0.05) is 0 Å². The Hall–Kier alpha value is -1.77. The maximum atomic E-state index is 12.6. The maximum absolute atomic E-state index is 12.6. The highest BCUT2D eigenvalue weighted by molar-refractivity contribution is 5.83. The van der Waals surface area contributed by atoms with Gasteiger partial charge in [0.25, 0.3) is 0 Å². The van der Waals surface area contributed by atoms with E-state index in [-0.39, 0.29) is 23.2 Å². The number of likely N-dealkylation sites (tertiary alicyclic amines) is 2. The van der Waals surface area contributed by atoms with Gasteiger partial charge in [-0.15, -0.1) is 0 Å². The highest BCUT2D eigenvalue weighted by Crippen LogP contribution is 2.60. The van der Waals surface area contributed by atoms with Crippen LogP contribution < -0.4 is 0 Å². The Balaban J connectivity index is 1.53. The van der Waals surface area contributed by atoms with Crippen molar-refractivity contribution in [3.05, 3.63) is 0 Å². The molecule has 1 atom stereocenters. The van der Waals surface area contributed by atoms with Crippen molar-refractivity contribution in [2.75, 3.05) is 26.2 Å². The van der Waals surface area contributed by atoms with Crippen molar-refractivity contribution in [1.82, 2.24) is 9.80 Å². The topological polar surface area (TPSA) is 84.6 Å². The van der Waals surface area contributed by atoms with E-state index < -0.39 is 6.09 Å². The van der Waals surface area contributed by atoms with Gasteiger partial charge < -0.3 is 14.9 Å². The molecule has 21 heavy (non-hydrogen) atoms. The number of carbonyl (C=O) groups excluding carboxylic acids is 1. The number of amides is 2. The van der Waals surface area contributed by atoms with E-state index in [4.69, 9.17) is 10.4 Å². The van der Waals surface area contributed by atoms with Gasteiger partial charge in [-0.05, 0) is 37.5 Å². The molecule has 2 aliphatic heterocycles. The number of nitriles is 1. The van der Waals surface area contributed by atoms with Gasteiger partial charge in [-0.3, -0.25) is 4.79 Å². The van der Waals surface area contributed by atoms with Crippen LogP contribution in [0.3, 0.4) is 0 Å². The molecule has 6 nitrogen and oxygen atoms in total. The summed E-state index contributed by atoms with van der Waals surface area (Å²) in [7, 11) is 0. The van der Waals surface area contributed by atoms with E-state index in [1.807, 2.05) is 4.90 Å². The lowest BCUT2D eigenvalue weighted by Gasteiger charge is -2.33. The fourth-order valence-electron chi connectivity index (χ4n) is 3.84. The van der Waals surface area contributed by atoms with Crippen LogP contribution in [0.4, 0.5) is 4.79 Å². The molecule has 2 heterocycles. The summed E-state index contributed by atoms with van der Waals surface area (Å²) in [5, 5.41) is 17.9. The summed E-state index contributed by atoms with van der Waals surface area (Å²) in [6, 6.07) is 2.28. The third-order valence-electron chi connectivity index (χ3n) is 5.51. The SMILES string of the molecule is N#CC1CCN(C(=O)[C@@H]2CC23CCN(C(=O)O)CC3)CC1. The zero-order chi connectivity index (χ0) is 15.0. The van der Waals surface area contributed by atoms with Gasteiger partial charge in [0.15, 0.2) is 0 Å². The number of nitrogens with zero attached hydrogens (tertiary/aromatic N) is 3. The van der Waals surface area contributed by atoms with Crippen molar-refractivity contribution in [3.8, 4) is 6.07 Å².